The maximum absolute atomic E-state index is 11.5. The highest BCUT2D eigenvalue weighted by Crippen LogP contribution is 2.35. The van der Waals surface area contributed by atoms with Crippen molar-refractivity contribution in [1.29, 1.82) is 0 Å². The Morgan fingerprint density at radius 3 is 3.05 bits per heavy atom. The van der Waals surface area contributed by atoms with Gasteiger partial charge in [0.2, 0.25) is 5.76 Å². The van der Waals surface area contributed by atoms with E-state index in [1.807, 2.05) is 0 Å². The molecule has 0 radical (unpaired) electrons. The van der Waals surface area contributed by atoms with Crippen molar-refractivity contribution in [2.75, 3.05) is 13.2 Å². The van der Waals surface area contributed by atoms with E-state index in [0.717, 1.165) is 25.8 Å². The van der Waals surface area contributed by atoms with E-state index in [9.17, 15) is 9.90 Å². The highest BCUT2D eigenvalue weighted by atomic mass is 16.5. The summed E-state index contributed by atoms with van der Waals surface area (Å²) in [7, 11) is 0. The van der Waals surface area contributed by atoms with Gasteiger partial charge in [-0.05, 0) is 31.9 Å². The number of hydrogen-bond acceptors (Lipinski definition) is 5. The van der Waals surface area contributed by atoms with Crippen molar-refractivity contribution in [1.82, 2.24) is 5.32 Å². The first-order valence-corrected chi connectivity index (χ1v) is 7.70. The van der Waals surface area contributed by atoms with Gasteiger partial charge in [0.15, 0.2) is 0 Å². The molecule has 5 heteroatoms. The Morgan fingerprint density at radius 1 is 1.52 bits per heavy atom. The molecular formula is C16H25NO4. The molecule has 0 spiro atoms. The summed E-state index contributed by atoms with van der Waals surface area (Å²) in [5.41, 5.74) is -0.0746. The Bertz CT molecular complexity index is 471. The van der Waals surface area contributed by atoms with Crippen LogP contribution in [-0.4, -0.2) is 30.3 Å². The SMILES string of the molecule is CCOC(=O)c1ccc(CNCC2(C)CCCCC2O)o1. The Morgan fingerprint density at radius 2 is 2.33 bits per heavy atom. The second-order valence-corrected chi connectivity index (χ2v) is 6.01. The van der Waals surface area contributed by atoms with Crippen LogP contribution in [-0.2, 0) is 11.3 Å². The van der Waals surface area contributed by atoms with Gasteiger partial charge in [0.25, 0.3) is 0 Å². The van der Waals surface area contributed by atoms with Gasteiger partial charge in [-0.15, -0.1) is 0 Å². The minimum absolute atomic E-state index is 0.0746. The van der Waals surface area contributed by atoms with Crippen LogP contribution in [0.15, 0.2) is 16.5 Å². The third kappa shape index (κ3) is 4.08. The molecule has 2 unspecified atom stereocenters. The third-order valence-corrected chi connectivity index (χ3v) is 4.25. The molecule has 1 saturated carbocycles. The number of aliphatic hydroxyl groups is 1. The molecule has 1 aromatic heterocycles. The van der Waals surface area contributed by atoms with Gasteiger partial charge in [-0.2, -0.15) is 0 Å². The van der Waals surface area contributed by atoms with E-state index in [1.54, 1.807) is 19.1 Å². The van der Waals surface area contributed by atoms with E-state index in [0.29, 0.717) is 18.9 Å². The molecule has 21 heavy (non-hydrogen) atoms. The summed E-state index contributed by atoms with van der Waals surface area (Å²) < 4.78 is 10.3. The first-order valence-electron chi connectivity index (χ1n) is 7.70. The van der Waals surface area contributed by atoms with Gasteiger partial charge in [-0.25, -0.2) is 4.79 Å². The zero-order chi connectivity index (χ0) is 15.3. The van der Waals surface area contributed by atoms with Crippen molar-refractivity contribution in [3.05, 3.63) is 23.7 Å². The third-order valence-electron chi connectivity index (χ3n) is 4.25. The fourth-order valence-electron chi connectivity index (χ4n) is 2.84. The Labute approximate surface area is 125 Å². The van der Waals surface area contributed by atoms with Crippen molar-refractivity contribution >= 4 is 5.97 Å². The second kappa shape index (κ2) is 7.09. The molecule has 1 aliphatic carbocycles. The van der Waals surface area contributed by atoms with Gasteiger partial charge in [-0.1, -0.05) is 19.8 Å². The number of carbonyl (C=O) groups excluding carboxylic acids is 1. The highest BCUT2D eigenvalue weighted by molar-refractivity contribution is 5.86. The van der Waals surface area contributed by atoms with Crippen molar-refractivity contribution in [2.45, 2.75) is 52.2 Å². The summed E-state index contributed by atoms with van der Waals surface area (Å²) >= 11 is 0. The number of ether oxygens (including phenoxy) is 1. The fourth-order valence-corrected chi connectivity index (χ4v) is 2.84. The molecule has 1 heterocycles. The lowest BCUT2D eigenvalue weighted by molar-refractivity contribution is 0.000911. The van der Waals surface area contributed by atoms with Crippen LogP contribution >= 0.6 is 0 Å². The van der Waals surface area contributed by atoms with Crippen molar-refractivity contribution in [2.24, 2.45) is 5.41 Å². The van der Waals surface area contributed by atoms with Crippen LogP contribution in [0.3, 0.4) is 0 Å². The molecular weight excluding hydrogens is 270 g/mol. The first kappa shape index (κ1) is 16.0. The fraction of sp³-hybridized carbons (Fsp3) is 0.688. The largest absolute Gasteiger partial charge is 0.460 e. The average molecular weight is 295 g/mol. The van der Waals surface area contributed by atoms with Gasteiger partial charge in [-0.3, -0.25) is 0 Å². The molecule has 1 fully saturated rings. The van der Waals surface area contributed by atoms with Crippen molar-refractivity contribution in [3.63, 3.8) is 0 Å². The van der Waals surface area contributed by atoms with Crippen molar-refractivity contribution in [3.8, 4) is 0 Å². The average Bonchev–Trinajstić information content (AvgIpc) is 2.92. The van der Waals surface area contributed by atoms with Crippen LogP contribution < -0.4 is 5.32 Å². The van der Waals surface area contributed by atoms with Crippen LogP contribution in [0, 0.1) is 5.41 Å². The van der Waals surface area contributed by atoms with E-state index in [1.165, 1.54) is 6.42 Å². The molecule has 2 N–H and O–H groups in total. The molecule has 1 aromatic rings. The highest BCUT2D eigenvalue weighted by Gasteiger charge is 2.34. The summed E-state index contributed by atoms with van der Waals surface area (Å²) in [4.78, 5) is 11.5. The van der Waals surface area contributed by atoms with E-state index >= 15 is 0 Å². The molecule has 0 aliphatic heterocycles. The van der Waals surface area contributed by atoms with Gasteiger partial charge in [0, 0.05) is 12.0 Å². The second-order valence-electron chi connectivity index (χ2n) is 6.01. The number of furan rings is 1. The molecule has 2 atom stereocenters. The van der Waals surface area contributed by atoms with E-state index in [2.05, 4.69) is 12.2 Å². The lowest BCUT2D eigenvalue weighted by atomic mass is 9.73. The first-order chi connectivity index (χ1) is 10.0. The van der Waals surface area contributed by atoms with Gasteiger partial charge in [0.05, 0.1) is 19.3 Å². The summed E-state index contributed by atoms with van der Waals surface area (Å²) in [6.45, 7) is 5.50. The summed E-state index contributed by atoms with van der Waals surface area (Å²) in [6.07, 6.45) is 3.95. The van der Waals surface area contributed by atoms with Crippen LogP contribution in [0.25, 0.3) is 0 Å². The molecule has 0 saturated heterocycles. The summed E-state index contributed by atoms with van der Waals surface area (Å²) in [5, 5.41) is 13.5. The number of carbonyl (C=O) groups is 1. The topological polar surface area (TPSA) is 71.7 Å². The molecule has 0 amide bonds. The maximum atomic E-state index is 11.5. The van der Waals surface area contributed by atoms with Crippen LogP contribution in [0.1, 0.15) is 55.8 Å². The molecule has 118 valence electrons. The van der Waals surface area contributed by atoms with E-state index < -0.39 is 5.97 Å². The minimum atomic E-state index is -0.432. The maximum Gasteiger partial charge on any atom is 0.374 e. The number of nitrogens with one attached hydrogen (secondary N) is 1. The number of aliphatic hydroxyl groups excluding tert-OH is 1. The lowest BCUT2D eigenvalue weighted by Gasteiger charge is -2.38. The van der Waals surface area contributed by atoms with Crippen LogP contribution in [0.5, 0.6) is 0 Å². The predicted molar refractivity (Wildman–Crippen MR) is 79.0 cm³/mol. The predicted octanol–water partition coefficient (Wildman–Crippen LogP) is 2.49. The zero-order valence-electron chi connectivity index (χ0n) is 12.9. The van der Waals surface area contributed by atoms with E-state index in [4.69, 9.17) is 9.15 Å². The quantitative estimate of drug-likeness (QED) is 0.789. The van der Waals surface area contributed by atoms with Gasteiger partial charge in [0.1, 0.15) is 5.76 Å². The monoisotopic (exact) mass is 295 g/mol. The number of rotatable bonds is 6. The van der Waals surface area contributed by atoms with Crippen LogP contribution in [0.2, 0.25) is 0 Å². The van der Waals surface area contributed by atoms with Gasteiger partial charge >= 0.3 is 5.97 Å². The molecule has 1 aliphatic rings. The van der Waals surface area contributed by atoms with Crippen molar-refractivity contribution < 1.29 is 19.1 Å². The van der Waals surface area contributed by atoms with Crippen LogP contribution in [0.4, 0.5) is 0 Å². The number of esters is 1. The minimum Gasteiger partial charge on any atom is -0.460 e. The smallest absolute Gasteiger partial charge is 0.374 e. The normalized spacial score (nSPS) is 25.8. The molecule has 2 rings (SSSR count). The van der Waals surface area contributed by atoms with E-state index in [-0.39, 0.29) is 17.3 Å². The van der Waals surface area contributed by atoms with Gasteiger partial charge < -0.3 is 19.6 Å². The molecule has 5 nitrogen and oxygen atoms in total. The standard InChI is InChI=1S/C16H25NO4/c1-3-20-15(19)13-8-7-12(21-13)10-17-11-16(2)9-5-4-6-14(16)18/h7-8,14,17-18H,3-6,9-11H2,1-2H3. The summed E-state index contributed by atoms with van der Waals surface area (Å²) in [5.74, 6) is 0.503. The Hall–Kier alpha value is -1.33. The Kier molecular flexibility index (Phi) is 5.42. The molecule has 0 aromatic carbocycles. The number of hydrogen-bond donors (Lipinski definition) is 2. The lowest BCUT2D eigenvalue weighted by Crippen LogP contribution is -2.43. The molecule has 0 bridgehead atoms. The Balaban J connectivity index is 1.82. The summed E-state index contributed by atoms with van der Waals surface area (Å²) in [6, 6.07) is 3.41. The zero-order valence-corrected chi connectivity index (χ0v) is 12.9.